The second-order valence-electron chi connectivity index (χ2n) is 5.69. The molecule has 1 saturated heterocycles. The molecule has 2 amide bonds. The molecule has 0 aliphatic carbocycles. The van der Waals surface area contributed by atoms with E-state index < -0.39 is 0 Å². The lowest BCUT2D eigenvalue weighted by Gasteiger charge is -2.09. The molecule has 0 spiro atoms. The van der Waals surface area contributed by atoms with Crippen molar-refractivity contribution in [3.05, 3.63) is 79.2 Å². The zero-order chi connectivity index (χ0) is 19.4. The van der Waals surface area contributed by atoms with Gasteiger partial charge >= 0.3 is 0 Å². The first-order valence-corrected chi connectivity index (χ1v) is 10.7. The number of hydrogen-bond acceptors (Lipinski definition) is 4. The van der Waals surface area contributed by atoms with Gasteiger partial charge in [0, 0.05) is 11.0 Å². The summed E-state index contributed by atoms with van der Waals surface area (Å²) in [4.78, 5) is 25.8. The minimum Gasteiger partial charge on any atom is -0.488 e. The van der Waals surface area contributed by atoms with Gasteiger partial charge in [-0.15, -0.1) is 6.58 Å². The highest BCUT2D eigenvalue weighted by Gasteiger charge is 2.34. The average molecular weight is 556 g/mol. The van der Waals surface area contributed by atoms with Crippen LogP contribution in [0.5, 0.6) is 5.75 Å². The molecule has 0 bridgehead atoms. The fourth-order valence-corrected chi connectivity index (χ4v) is 4.21. The molecule has 1 aliphatic heterocycles. The van der Waals surface area contributed by atoms with Crippen LogP contribution < -0.4 is 4.74 Å². The first-order valence-electron chi connectivity index (χ1n) is 8.01. The van der Waals surface area contributed by atoms with Crippen molar-refractivity contribution < 1.29 is 14.3 Å². The van der Waals surface area contributed by atoms with E-state index in [-0.39, 0.29) is 17.7 Å². The van der Waals surface area contributed by atoms with E-state index in [0.29, 0.717) is 11.5 Å². The van der Waals surface area contributed by atoms with Gasteiger partial charge < -0.3 is 4.74 Å². The lowest BCUT2D eigenvalue weighted by atomic mass is 10.2. The molecule has 0 unspecified atom stereocenters. The van der Waals surface area contributed by atoms with Crippen LogP contribution in [0, 0.1) is 3.57 Å². The number of benzene rings is 2. The maximum Gasteiger partial charge on any atom is 0.293 e. The predicted octanol–water partition coefficient (Wildman–Crippen LogP) is 5.86. The van der Waals surface area contributed by atoms with Crippen LogP contribution in [-0.2, 0) is 11.4 Å². The summed E-state index contributed by atoms with van der Waals surface area (Å²) in [5, 5.41) is -0.268. The number of amides is 2. The van der Waals surface area contributed by atoms with Crippen LogP contribution in [0.3, 0.4) is 0 Å². The minimum absolute atomic E-state index is 0.225. The Labute approximate surface area is 183 Å². The molecule has 0 saturated carbocycles. The Hall–Kier alpha value is -1.58. The third-order valence-electron chi connectivity index (χ3n) is 3.75. The van der Waals surface area contributed by atoms with E-state index >= 15 is 0 Å². The molecule has 2 aromatic carbocycles. The predicted molar refractivity (Wildman–Crippen MR) is 121 cm³/mol. The van der Waals surface area contributed by atoms with Gasteiger partial charge in [-0.25, -0.2) is 0 Å². The van der Waals surface area contributed by atoms with Gasteiger partial charge in [-0.1, -0.05) is 40.2 Å². The molecule has 1 fully saturated rings. The van der Waals surface area contributed by atoms with Crippen LogP contribution in [0.2, 0.25) is 0 Å². The number of carbonyl (C=O) groups is 2. The number of carbonyl (C=O) groups excluding carboxylic acids is 2. The van der Waals surface area contributed by atoms with Crippen molar-refractivity contribution in [2.45, 2.75) is 6.61 Å². The average Bonchev–Trinajstić information content (AvgIpc) is 2.90. The van der Waals surface area contributed by atoms with E-state index in [2.05, 4.69) is 45.1 Å². The summed E-state index contributed by atoms with van der Waals surface area (Å²) >= 11 is 6.57. The van der Waals surface area contributed by atoms with Gasteiger partial charge in [-0.3, -0.25) is 14.5 Å². The highest BCUT2D eigenvalue weighted by molar-refractivity contribution is 14.1. The first kappa shape index (κ1) is 20.2. The number of ether oxygens (including phenoxy) is 1. The van der Waals surface area contributed by atoms with E-state index in [1.807, 2.05) is 42.5 Å². The van der Waals surface area contributed by atoms with Gasteiger partial charge in [0.15, 0.2) is 0 Å². The van der Waals surface area contributed by atoms with Gasteiger partial charge in [0.1, 0.15) is 12.4 Å². The van der Waals surface area contributed by atoms with Gasteiger partial charge in [-0.05, 0) is 75.8 Å². The van der Waals surface area contributed by atoms with Crippen molar-refractivity contribution in [1.82, 2.24) is 4.90 Å². The molecular weight excluding hydrogens is 541 g/mol. The number of thioether (sulfide) groups is 1. The first-order chi connectivity index (χ1) is 13.0. The third-order valence-corrected chi connectivity index (χ3v) is 6.03. The Balaban J connectivity index is 1.71. The second-order valence-corrected chi connectivity index (χ2v) is 8.76. The fraction of sp³-hybridized carbons (Fsp3) is 0.100. The lowest BCUT2D eigenvalue weighted by molar-refractivity contribution is -0.122. The van der Waals surface area contributed by atoms with Crippen molar-refractivity contribution in [3.63, 3.8) is 0 Å². The topological polar surface area (TPSA) is 46.6 Å². The molecule has 0 atom stereocenters. The highest BCUT2D eigenvalue weighted by atomic mass is 127. The standard InChI is InChI=1S/C20H15BrINO3S/c1-2-9-23-19(24)18(27-20(23)25)11-14-5-8-17(16(22)10-14)26-12-13-3-6-15(21)7-4-13/h2-8,10-11H,1,9,12H2/b18-11+. The number of nitrogens with zero attached hydrogens (tertiary/aromatic N) is 1. The molecule has 2 aromatic rings. The third kappa shape index (κ3) is 5.03. The van der Waals surface area contributed by atoms with Crippen molar-refractivity contribution >= 4 is 67.5 Å². The summed E-state index contributed by atoms with van der Waals surface area (Å²) < 4.78 is 7.85. The summed E-state index contributed by atoms with van der Waals surface area (Å²) in [5.74, 6) is 0.492. The Morgan fingerprint density at radius 1 is 1.19 bits per heavy atom. The van der Waals surface area contributed by atoms with Crippen LogP contribution in [-0.4, -0.2) is 22.6 Å². The SMILES string of the molecule is C=CCN1C(=O)S/C(=C/c2ccc(OCc3ccc(Br)cc3)c(I)c2)C1=O. The molecule has 0 N–H and O–H groups in total. The Morgan fingerprint density at radius 2 is 1.93 bits per heavy atom. The minimum atomic E-state index is -0.282. The number of imide groups is 1. The molecule has 1 aliphatic rings. The van der Waals surface area contributed by atoms with Crippen molar-refractivity contribution in [2.75, 3.05) is 6.54 Å². The zero-order valence-corrected chi connectivity index (χ0v) is 18.7. The van der Waals surface area contributed by atoms with Crippen LogP contribution in [0.15, 0.2) is 64.5 Å². The highest BCUT2D eigenvalue weighted by Crippen LogP contribution is 2.33. The summed E-state index contributed by atoms with van der Waals surface area (Å²) in [6.07, 6.45) is 3.27. The molecular formula is C20H15BrINO3S. The summed E-state index contributed by atoms with van der Waals surface area (Å²) in [5.41, 5.74) is 1.92. The van der Waals surface area contributed by atoms with Gasteiger partial charge in [0.25, 0.3) is 11.1 Å². The van der Waals surface area contributed by atoms with E-state index in [1.165, 1.54) is 4.90 Å². The van der Waals surface area contributed by atoms with Crippen LogP contribution in [0.25, 0.3) is 6.08 Å². The van der Waals surface area contributed by atoms with Crippen LogP contribution >= 0.6 is 50.3 Å². The molecule has 4 nitrogen and oxygen atoms in total. The smallest absolute Gasteiger partial charge is 0.293 e. The van der Waals surface area contributed by atoms with E-state index in [1.54, 1.807) is 12.2 Å². The molecule has 7 heteroatoms. The van der Waals surface area contributed by atoms with Gasteiger partial charge in [0.2, 0.25) is 0 Å². The lowest BCUT2D eigenvalue weighted by Crippen LogP contribution is -2.27. The monoisotopic (exact) mass is 555 g/mol. The van der Waals surface area contributed by atoms with E-state index in [4.69, 9.17) is 4.74 Å². The van der Waals surface area contributed by atoms with E-state index in [9.17, 15) is 9.59 Å². The van der Waals surface area contributed by atoms with Crippen molar-refractivity contribution in [1.29, 1.82) is 0 Å². The van der Waals surface area contributed by atoms with E-state index in [0.717, 1.165) is 36.7 Å². The Kier molecular flexibility index (Phi) is 6.78. The maximum absolute atomic E-state index is 12.3. The molecule has 1 heterocycles. The fourth-order valence-electron chi connectivity index (χ4n) is 2.40. The number of rotatable bonds is 6. The molecule has 138 valence electrons. The zero-order valence-electron chi connectivity index (χ0n) is 14.2. The van der Waals surface area contributed by atoms with Crippen LogP contribution in [0.4, 0.5) is 4.79 Å². The normalized spacial score (nSPS) is 15.5. The molecule has 0 aromatic heterocycles. The Bertz CT molecular complexity index is 927. The summed E-state index contributed by atoms with van der Waals surface area (Å²) in [6, 6.07) is 13.6. The summed E-state index contributed by atoms with van der Waals surface area (Å²) in [6.45, 7) is 4.27. The van der Waals surface area contributed by atoms with Crippen molar-refractivity contribution in [3.8, 4) is 5.75 Å². The van der Waals surface area contributed by atoms with Gasteiger partial charge in [0.05, 0.1) is 8.48 Å². The quantitative estimate of drug-likeness (QED) is 0.255. The summed E-state index contributed by atoms with van der Waals surface area (Å²) in [7, 11) is 0. The molecule has 3 rings (SSSR count). The van der Waals surface area contributed by atoms with Gasteiger partial charge in [-0.2, -0.15) is 0 Å². The van der Waals surface area contributed by atoms with Crippen LogP contribution in [0.1, 0.15) is 11.1 Å². The second kappa shape index (κ2) is 9.07. The maximum atomic E-state index is 12.3. The van der Waals surface area contributed by atoms with Crippen molar-refractivity contribution in [2.24, 2.45) is 0 Å². The molecule has 0 radical (unpaired) electrons. The number of halogens is 2. The largest absolute Gasteiger partial charge is 0.488 e. The molecule has 27 heavy (non-hydrogen) atoms. The number of hydrogen-bond donors (Lipinski definition) is 0. The Morgan fingerprint density at radius 3 is 2.59 bits per heavy atom.